The van der Waals surface area contributed by atoms with Crippen molar-refractivity contribution < 1.29 is 9.59 Å². The average Bonchev–Trinajstić information content (AvgIpc) is 2.68. The Labute approximate surface area is 162 Å². The molecule has 3 N–H and O–H groups in total. The van der Waals surface area contributed by atoms with Crippen LogP contribution >= 0.6 is 0 Å². The number of carbonyl (C=O) groups excluding carboxylic acids is 2. The molecule has 6 heteroatoms. The number of anilines is 1. The molecule has 6 nitrogen and oxygen atoms in total. The highest BCUT2D eigenvalue weighted by Gasteiger charge is 2.15. The monoisotopic (exact) mass is 375 g/mol. The minimum atomic E-state index is -0.451. The molecule has 0 spiro atoms. The number of H-pyrrole nitrogens is 1. The standard InChI is InChI=1S/C22H21N3O3/c1-14-11-12-19(21(27)23-14)22(28)24-15(2)17-9-6-10-18(13-17)25-20(26)16-7-4-3-5-8-16/h3-13,15H,1-2H3,(H,23,27)(H,24,28)(H,25,26). The van der Waals surface area contributed by atoms with E-state index in [-0.39, 0.29) is 17.5 Å². The molecule has 0 aliphatic rings. The molecule has 3 rings (SSSR count). The smallest absolute Gasteiger partial charge is 0.260 e. The minimum absolute atomic E-state index is 0.0611. The van der Waals surface area contributed by atoms with Crippen molar-refractivity contribution in [2.45, 2.75) is 19.9 Å². The van der Waals surface area contributed by atoms with Crippen LogP contribution in [0.5, 0.6) is 0 Å². The van der Waals surface area contributed by atoms with Crippen LogP contribution in [0.1, 0.15) is 44.9 Å². The summed E-state index contributed by atoms with van der Waals surface area (Å²) >= 11 is 0. The molecule has 0 saturated carbocycles. The molecule has 0 fully saturated rings. The summed E-state index contributed by atoms with van der Waals surface area (Å²) in [6, 6.07) is 19.0. The van der Waals surface area contributed by atoms with E-state index in [4.69, 9.17) is 0 Å². The number of aryl methyl sites for hydroxylation is 1. The third-order valence-corrected chi connectivity index (χ3v) is 4.33. The predicted molar refractivity (Wildman–Crippen MR) is 109 cm³/mol. The second-order valence-electron chi connectivity index (χ2n) is 6.52. The highest BCUT2D eigenvalue weighted by Crippen LogP contribution is 2.18. The van der Waals surface area contributed by atoms with E-state index in [1.165, 1.54) is 6.07 Å². The second kappa shape index (κ2) is 8.35. The zero-order valence-corrected chi connectivity index (χ0v) is 15.7. The predicted octanol–water partition coefficient (Wildman–Crippen LogP) is 3.43. The van der Waals surface area contributed by atoms with E-state index in [1.54, 1.807) is 55.5 Å². The first-order valence-electron chi connectivity index (χ1n) is 8.91. The molecule has 3 aromatic rings. The van der Waals surface area contributed by atoms with Gasteiger partial charge in [-0.1, -0.05) is 30.3 Å². The van der Waals surface area contributed by atoms with E-state index in [2.05, 4.69) is 15.6 Å². The number of hydrogen-bond donors (Lipinski definition) is 3. The van der Waals surface area contributed by atoms with Crippen LogP contribution in [0.15, 0.2) is 71.5 Å². The second-order valence-corrected chi connectivity index (χ2v) is 6.52. The Morgan fingerprint density at radius 3 is 2.39 bits per heavy atom. The Morgan fingerprint density at radius 2 is 1.68 bits per heavy atom. The highest BCUT2D eigenvalue weighted by atomic mass is 16.2. The van der Waals surface area contributed by atoms with Crippen LogP contribution < -0.4 is 16.2 Å². The minimum Gasteiger partial charge on any atom is -0.345 e. The third kappa shape index (κ3) is 4.54. The van der Waals surface area contributed by atoms with Gasteiger partial charge >= 0.3 is 0 Å². The lowest BCUT2D eigenvalue weighted by Gasteiger charge is -2.15. The molecule has 0 saturated heterocycles. The van der Waals surface area contributed by atoms with Gasteiger partial charge in [-0.25, -0.2) is 0 Å². The van der Waals surface area contributed by atoms with Crippen molar-refractivity contribution in [2.75, 3.05) is 5.32 Å². The number of benzene rings is 2. The molecule has 28 heavy (non-hydrogen) atoms. The number of rotatable bonds is 5. The summed E-state index contributed by atoms with van der Waals surface area (Å²) in [5, 5.41) is 5.66. The van der Waals surface area contributed by atoms with Crippen molar-refractivity contribution in [3.05, 3.63) is 99.5 Å². The van der Waals surface area contributed by atoms with Crippen LogP contribution in [0.2, 0.25) is 0 Å². The number of aromatic nitrogens is 1. The Morgan fingerprint density at radius 1 is 0.929 bits per heavy atom. The van der Waals surface area contributed by atoms with E-state index in [0.29, 0.717) is 16.9 Å². The van der Waals surface area contributed by atoms with Gasteiger partial charge in [0.25, 0.3) is 17.4 Å². The lowest BCUT2D eigenvalue weighted by Crippen LogP contribution is -2.31. The van der Waals surface area contributed by atoms with Crippen LogP contribution in [0.4, 0.5) is 5.69 Å². The Bertz CT molecular complexity index is 1060. The van der Waals surface area contributed by atoms with E-state index in [9.17, 15) is 14.4 Å². The number of amides is 2. The van der Waals surface area contributed by atoms with Crippen molar-refractivity contribution in [2.24, 2.45) is 0 Å². The summed E-state index contributed by atoms with van der Waals surface area (Å²) in [5.41, 5.74) is 2.33. The lowest BCUT2D eigenvalue weighted by molar-refractivity contribution is 0.0937. The molecule has 0 radical (unpaired) electrons. The van der Waals surface area contributed by atoms with Crippen LogP contribution in [0.25, 0.3) is 0 Å². The van der Waals surface area contributed by atoms with Crippen LogP contribution in [-0.4, -0.2) is 16.8 Å². The van der Waals surface area contributed by atoms with Crippen molar-refractivity contribution in [1.82, 2.24) is 10.3 Å². The summed E-state index contributed by atoms with van der Waals surface area (Å²) in [4.78, 5) is 39.3. The quantitative estimate of drug-likeness (QED) is 0.638. The van der Waals surface area contributed by atoms with Gasteiger partial charge < -0.3 is 15.6 Å². The molecule has 1 heterocycles. The molecule has 0 aliphatic heterocycles. The van der Waals surface area contributed by atoms with Crippen LogP contribution in [0, 0.1) is 6.92 Å². The SMILES string of the molecule is Cc1ccc(C(=O)NC(C)c2cccc(NC(=O)c3ccccc3)c2)c(=O)[nH]1. The van der Waals surface area contributed by atoms with Gasteiger partial charge in [0.1, 0.15) is 5.56 Å². The van der Waals surface area contributed by atoms with Gasteiger partial charge in [0.05, 0.1) is 6.04 Å². The maximum Gasteiger partial charge on any atom is 0.260 e. The van der Waals surface area contributed by atoms with Gasteiger partial charge in [-0.3, -0.25) is 14.4 Å². The summed E-state index contributed by atoms with van der Waals surface area (Å²) in [7, 11) is 0. The Balaban J connectivity index is 1.71. The Hall–Kier alpha value is -3.67. The van der Waals surface area contributed by atoms with Gasteiger partial charge in [0.2, 0.25) is 0 Å². The number of pyridine rings is 1. The molecule has 0 bridgehead atoms. The maximum absolute atomic E-state index is 12.4. The summed E-state index contributed by atoms with van der Waals surface area (Å²) in [6.45, 7) is 3.57. The van der Waals surface area contributed by atoms with Gasteiger partial charge in [0, 0.05) is 16.9 Å². The number of aromatic amines is 1. The first kappa shape index (κ1) is 19.1. The summed E-state index contributed by atoms with van der Waals surface area (Å²) in [6.07, 6.45) is 0. The average molecular weight is 375 g/mol. The van der Waals surface area contributed by atoms with E-state index >= 15 is 0 Å². The lowest BCUT2D eigenvalue weighted by atomic mass is 10.1. The number of hydrogen-bond acceptors (Lipinski definition) is 3. The topological polar surface area (TPSA) is 91.1 Å². The highest BCUT2D eigenvalue weighted by molar-refractivity contribution is 6.04. The zero-order chi connectivity index (χ0) is 20.1. The molecule has 2 aromatic carbocycles. The third-order valence-electron chi connectivity index (χ3n) is 4.33. The summed E-state index contributed by atoms with van der Waals surface area (Å²) < 4.78 is 0. The first-order chi connectivity index (χ1) is 13.4. The van der Waals surface area contributed by atoms with Gasteiger partial charge in [-0.2, -0.15) is 0 Å². The van der Waals surface area contributed by atoms with Crippen molar-refractivity contribution in [1.29, 1.82) is 0 Å². The van der Waals surface area contributed by atoms with Crippen molar-refractivity contribution in [3.8, 4) is 0 Å². The molecule has 142 valence electrons. The molecular formula is C22H21N3O3. The first-order valence-corrected chi connectivity index (χ1v) is 8.91. The van der Waals surface area contributed by atoms with Gasteiger partial charge in [-0.05, 0) is 55.8 Å². The Kier molecular flexibility index (Phi) is 5.69. The summed E-state index contributed by atoms with van der Waals surface area (Å²) in [5.74, 6) is -0.659. The fourth-order valence-electron chi connectivity index (χ4n) is 2.79. The molecule has 1 unspecified atom stereocenters. The molecule has 1 atom stereocenters. The van der Waals surface area contributed by atoms with E-state index < -0.39 is 11.5 Å². The van der Waals surface area contributed by atoms with Crippen LogP contribution in [0.3, 0.4) is 0 Å². The van der Waals surface area contributed by atoms with Gasteiger partial charge in [0.15, 0.2) is 0 Å². The molecular weight excluding hydrogens is 354 g/mol. The normalized spacial score (nSPS) is 11.5. The largest absolute Gasteiger partial charge is 0.345 e. The zero-order valence-electron chi connectivity index (χ0n) is 15.7. The maximum atomic E-state index is 12.4. The van der Waals surface area contributed by atoms with E-state index in [0.717, 1.165) is 5.56 Å². The fourth-order valence-corrected chi connectivity index (χ4v) is 2.79. The molecule has 1 aromatic heterocycles. The van der Waals surface area contributed by atoms with E-state index in [1.807, 2.05) is 19.1 Å². The van der Waals surface area contributed by atoms with Crippen molar-refractivity contribution in [3.63, 3.8) is 0 Å². The molecule has 2 amide bonds. The van der Waals surface area contributed by atoms with Gasteiger partial charge in [-0.15, -0.1) is 0 Å². The van der Waals surface area contributed by atoms with Crippen LogP contribution in [-0.2, 0) is 0 Å². The number of nitrogens with one attached hydrogen (secondary N) is 3. The fraction of sp³-hybridized carbons (Fsp3) is 0.136. The number of carbonyl (C=O) groups is 2. The van der Waals surface area contributed by atoms with Crippen molar-refractivity contribution >= 4 is 17.5 Å². The molecule has 0 aliphatic carbocycles.